The lowest BCUT2D eigenvalue weighted by Crippen LogP contribution is -2.33. The lowest BCUT2D eigenvalue weighted by Gasteiger charge is -2.20. The molecule has 134 valence electrons. The maximum absolute atomic E-state index is 12.6. The fourth-order valence-electron chi connectivity index (χ4n) is 2.29. The van der Waals surface area contributed by atoms with Gasteiger partial charge in [-0.2, -0.15) is 13.2 Å². The van der Waals surface area contributed by atoms with Gasteiger partial charge < -0.3 is 4.90 Å². The number of benzene rings is 1. The second-order valence-electron chi connectivity index (χ2n) is 5.76. The Bertz CT molecular complexity index is 750. The quantitative estimate of drug-likeness (QED) is 0.687. The molecule has 0 atom stereocenters. The van der Waals surface area contributed by atoms with E-state index in [4.69, 9.17) is 0 Å². The summed E-state index contributed by atoms with van der Waals surface area (Å²) in [7, 11) is 0. The maximum atomic E-state index is 12.6. The van der Waals surface area contributed by atoms with Crippen LogP contribution in [-0.4, -0.2) is 28.9 Å². The molecule has 0 unspecified atom stereocenters. The number of nitrogens with zero attached hydrogens (tertiary/aromatic N) is 2. The van der Waals surface area contributed by atoms with Crippen LogP contribution in [0.3, 0.4) is 0 Å². The van der Waals surface area contributed by atoms with Crippen LogP contribution < -0.4 is 0 Å². The van der Waals surface area contributed by atoms with Crippen molar-refractivity contribution in [2.75, 3.05) is 13.1 Å². The molecule has 25 heavy (non-hydrogen) atoms. The van der Waals surface area contributed by atoms with E-state index in [0.29, 0.717) is 29.4 Å². The predicted octanol–water partition coefficient (Wildman–Crippen LogP) is 4.80. The third kappa shape index (κ3) is 5.16. The van der Waals surface area contributed by atoms with Crippen LogP contribution in [0.25, 0.3) is 10.6 Å². The van der Waals surface area contributed by atoms with E-state index in [9.17, 15) is 18.0 Å². The molecular formula is C18H19F3N2OS. The van der Waals surface area contributed by atoms with Crippen LogP contribution in [0, 0.1) is 0 Å². The molecular weight excluding hydrogens is 349 g/mol. The summed E-state index contributed by atoms with van der Waals surface area (Å²) in [6.45, 7) is 8.66. The summed E-state index contributed by atoms with van der Waals surface area (Å²) in [5.41, 5.74) is 1.43. The maximum Gasteiger partial charge on any atom is 0.416 e. The zero-order chi connectivity index (χ0) is 18.6. The molecule has 1 aromatic carbocycles. The van der Waals surface area contributed by atoms with Crippen molar-refractivity contribution in [3.05, 3.63) is 53.1 Å². The largest absolute Gasteiger partial charge is 0.416 e. The Balaban J connectivity index is 2.09. The van der Waals surface area contributed by atoms with Gasteiger partial charge in [-0.05, 0) is 26.0 Å². The second kappa shape index (κ2) is 7.82. The third-order valence-electron chi connectivity index (χ3n) is 3.54. The van der Waals surface area contributed by atoms with Crippen molar-refractivity contribution in [1.29, 1.82) is 0 Å². The van der Waals surface area contributed by atoms with Crippen LogP contribution >= 0.6 is 11.3 Å². The number of hydrogen-bond acceptors (Lipinski definition) is 3. The SMILES string of the molecule is C=C(C)CN(CC)C(=O)Cc1csc(-c2ccc(C(F)(F)F)cc2)n1. The highest BCUT2D eigenvalue weighted by atomic mass is 32.1. The molecule has 0 N–H and O–H groups in total. The van der Waals surface area contributed by atoms with Crippen molar-refractivity contribution in [2.45, 2.75) is 26.4 Å². The summed E-state index contributed by atoms with van der Waals surface area (Å²) in [4.78, 5) is 18.4. The van der Waals surface area contributed by atoms with Gasteiger partial charge in [-0.25, -0.2) is 4.98 Å². The Morgan fingerprint density at radius 1 is 1.28 bits per heavy atom. The first-order valence-electron chi connectivity index (χ1n) is 7.75. The second-order valence-corrected chi connectivity index (χ2v) is 6.62. The van der Waals surface area contributed by atoms with Gasteiger partial charge in [-0.1, -0.05) is 24.3 Å². The van der Waals surface area contributed by atoms with Crippen LogP contribution in [0.1, 0.15) is 25.1 Å². The minimum atomic E-state index is -4.36. The first-order valence-corrected chi connectivity index (χ1v) is 8.63. The van der Waals surface area contributed by atoms with E-state index in [1.165, 1.54) is 23.5 Å². The van der Waals surface area contributed by atoms with E-state index in [-0.39, 0.29) is 12.3 Å². The number of rotatable bonds is 6. The zero-order valence-corrected chi connectivity index (χ0v) is 14.9. The molecule has 0 saturated heterocycles. The van der Waals surface area contributed by atoms with Crippen LogP contribution in [0.15, 0.2) is 41.8 Å². The van der Waals surface area contributed by atoms with E-state index in [1.54, 1.807) is 10.3 Å². The van der Waals surface area contributed by atoms with E-state index in [2.05, 4.69) is 11.6 Å². The summed E-state index contributed by atoms with van der Waals surface area (Å²) in [6, 6.07) is 4.86. The molecule has 2 aromatic rings. The standard InChI is InChI=1S/C18H19F3N2OS/c1-4-23(10-12(2)3)16(24)9-15-11-25-17(22-15)13-5-7-14(8-6-13)18(19,20)21/h5-8,11H,2,4,9-10H2,1,3H3. The number of amides is 1. The van der Waals surface area contributed by atoms with Crippen molar-refractivity contribution in [3.63, 3.8) is 0 Å². The van der Waals surface area contributed by atoms with E-state index in [0.717, 1.165) is 17.7 Å². The summed E-state index contributed by atoms with van der Waals surface area (Å²) in [5, 5.41) is 2.36. The molecule has 0 fully saturated rings. The van der Waals surface area contributed by atoms with Gasteiger partial charge in [0.05, 0.1) is 17.7 Å². The Kier molecular flexibility index (Phi) is 6.00. The molecule has 0 radical (unpaired) electrons. The average Bonchev–Trinajstić information content (AvgIpc) is 3.00. The van der Waals surface area contributed by atoms with Crippen LogP contribution in [0.2, 0.25) is 0 Å². The zero-order valence-electron chi connectivity index (χ0n) is 14.1. The number of likely N-dealkylation sites (N-methyl/N-ethyl adjacent to an activating group) is 1. The summed E-state index contributed by atoms with van der Waals surface area (Å²) in [5.74, 6) is -0.0465. The highest BCUT2D eigenvalue weighted by Crippen LogP contribution is 2.31. The first-order chi connectivity index (χ1) is 11.7. The molecule has 0 aliphatic carbocycles. The Morgan fingerprint density at radius 3 is 2.44 bits per heavy atom. The fourth-order valence-corrected chi connectivity index (χ4v) is 3.12. The highest BCUT2D eigenvalue weighted by molar-refractivity contribution is 7.13. The molecule has 1 amide bonds. The molecule has 3 nitrogen and oxygen atoms in total. The van der Waals surface area contributed by atoms with E-state index >= 15 is 0 Å². The summed E-state index contributed by atoms with van der Waals surface area (Å²) < 4.78 is 37.8. The van der Waals surface area contributed by atoms with Gasteiger partial charge in [0.2, 0.25) is 5.91 Å². The molecule has 2 rings (SSSR count). The molecule has 0 aliphatic heterocycles. The topological polar surface area (TPSA) is 33.2 Å². The van der Waals surface area contributed by atoms with Gasteiger partial charge >= 0.3 is 6.18 Å². The van der Waals surface area contributed by atoms with Crippen molar-refractivity contribution in [1.82, 2.24) is 9.88 Å². The average molecular weight is 368 g/mol. The van der Waals surface area contributed by atoms with Crippen LogP contribution in [0.5, 0.6) is 0 Å². The fraction of sp³-hybridized carbons (Fsp3) is 0.333. The van der Waals surface area contributed by atoms with Crippen LogP contribution in [-0.2, 0) is 17.4 Å². The molecule has 0 aliphatic rings. The highest BCUT2D eigenvalue weighted by Gasteiger charge is 2.30. The molecule has 0 spiro atoms. The Labute approximate surface area is 148 Å². The summed E-state index contributed by atoms with van der Waals surface area (Å²) >= 11 is 1.31. The number of carbonyl (C=O) groups is 1. The number of thiazole rings is 1. The number of carbonyl (C=O) groups excluding carboxylic acids is 1. The van der Waals surface area contributed by atoms with Crippen molar-refractivity contribution in [2.24, 2.45) is 0 Å². The lowest BCUT2D eigenvalue weighted by molar-refractivity contribution is -0.137. The molecule has 1 aromatic heterocycles. The summed E-state index contributed by atoms with van der Waals surface area (Å²) in [6.07, 6.45) is -4.19. The number of hydrogen-bond donors (Lipinski definition) is 0. The Hall–Kier alpha value is -2.15. The number of halogens is 3. The molecule has 0 bridgehead atoms. The van der Waals surface area contributed by atoms with Gasteiger partial charge in [0.15, 0.2) is 0 Å². The van der Waals surface area contributed by atoms with Crippen molar-refractivity contribution < 1.29 is 18.0 Å². The number of alkyl halides is 3. The first kappa shape index (κ1) is 19.2. The minimum absolute atomic E-state index is 0.0465. The van der Waals surface area contributed by atoms with Crippen molar-refractivity contribution >= 4 is 17.2 Å². The normalized spacial score (nSPS) is 11.4. The van der Waals surface area contributed by atoms with Gasteiger partial charge in [0, 0.05) is 24.0 Å². The lowest BCUT2D eigenvalue weighted by atomic mass is 10.1. The smallest absolute Gasteiger partial charge is 0.339 e. The Morgan fingerprint density at radius 2 is 1.92 bits per heavy atom. The monoisotopic (exact) mass is 368 g/mol. The van der Waals surface area contributed by atoms with E-state index in [1.807, 2.05) is 13.8 Å². The molecule has 1 heterocycles. The van der Waals surface area contributed by atoms with Gasteiger partial charge in [-0.15, -0.1) is 11.3 Å². The number of aromatic nitrogens is 1. The van der Waals surface area contributed by atoms with Gasteiger partial charge in [0.1, 0.15) is 5.01 Å². The minimum Gasteiger partial charge on any atom is -0.339 e. The predicted molar refractivity (Wildman–Crippen MR) is 93.3 cm³/mol. The van der Waals surface area contributed by atoms with Crippen molar-refractivity contribution in [3.8, 4) is 10.6 Å². The molecule has 0 saturated carbocycles. The van der Waals surface area contributed by atoms with Gasteiger partial charge in [0.25, 0.3) is 0 Å². The van der Waals surface area contributed by atoms with Gasteiger partial charge in [-0.3, -0.25) is 4.79 Å². The molecule has 7 heteroatoms. The van der Waals surface area contributed by atoms with E-state index < -0.39 is 11.7 Å². The third-order valence-corrected chi connectivity index (χ3v) is 4.48. The van der Waals surface area contributed by atoms with Crippen LogP contribution in [0.4, 0.5) is 13.2 Å².